The quantitative estimate of drug-likeness (QED) is 0.898. The van der Waals surface area contributed by atoms with Crippen LogP contribution >= 0.6 is 0 Å². The Morgan fingerprint density at radius 2 is 1.57 bits per heavy atom. The zero-order valence-corrected chi connectivity index (χ0v) is 12.3. The molecule has 6 heteroatoms. The van der Waals surface area contributed by atoms with Crippen LogP contribution in [0.2, 0.25) is 0 Å². The fourth-order valence-corrected chi connectivity index (χ4v) is 2.38. The maximum Gasteiger partial charge on any atom is 0.401 e. The molecule has 1 N–H and O–H groups in total. The highest BCUT2D eigenvalue weighted by atomic mass is 19.4. The van der Waals surface area contributed by atoms with Crippen LogP contribution in [0.3, 0.4) is 0 Å². The van der Waals surface area contributed by atoms with Crippen LogP contribution in [0.15, 0.2) is 24.3 Å². The van der Waals surface area contributed by atoms with Gasteiger partial charge < -0.3 is 10.2 Å². The molecule has 1 aromatic carbocycles. The first-order valence-corrected chi connectivity index (χ1v) is 7.18. The lowest BCUT2D eigenvalue weighted by Gasteiger charge is -2.32. The van der Waals surface area contributed by atoms with Crippen molar-refractivity contribution >= 4 is 0 Å². The Balaban J connectivity index is 1.76. The van der Waals surface area contributed by atoms with Gasteiger partial charge in [-0.1, -0.05) is 24.3 Å². The normalized spacial score (nSPS) is 18.1. The van der Waals surface area contributed by atoms with E-state index in [2.05, 4.69) is 22.2 Å². The van der Waals surface area contributed by atoms with Gasteiger partial charge in [0.25, 0.3) is 0 Å². The molecule has 0 atom stereocenters. The van der Waals surface area contributed by atoms with Crippen LogP contribution in [0.4, 0.5) is 13.2 Å². The number of hydrogen-bond acceptors (Lipinski definition) is 3. The molecule has 0 aliphatic carbocycles. The van der Waals surface area contributed by atoms with Gasteiger partial charge in [-0.2, -0.15) is 13.2 Å². The second kappa shape index (κ2) is 7.24. The van der Waals surface area contributed by atoms with Crippen LogP contribution in [0.1, 0.15) is 11.1 Å². The third kappa shape index (κ3) is 6.03. The average molecular weight is 301 g/mol. The van der Waals surface area contributed by atoms with Gasteiger partial charge in [-0.3, -0.25) is 4.90 Å². The lowest BCUT2D eigenvalue weighted by Crippen LogP contribution is -2.43. The maximum absolute atomic E-state index is 12.0. The summed E-state index contributed by atoms with van der Waals surface area (Å²) < 4.78 is 36.1. The number of halogens is 3. The standard InChI is InChI=1S/C15H22F3N3/c1-20-6-8-21(9-7-20)11-14-4-2-13(3-5-14)10-19-12-15(16,17)18/h2-5,19H,6-12H2,1H3. The molecule has 0 spiro atoms. The van der Waals surface area contributed by atoms with Crippen molar-refractivity contribution in [2.24, 2.45) is 0 Å². The van der Waals surface area contributed by atoms with Crippen LogP contribution in [0.25, 0.3) is 0 Å². The number of nitrogens with one attached hydrogen (secondary N) is 1. The van der Waals surface area contributed by atoms with E-state index < -0.39 is 12.7 Å². The molecule has 21 heavy (non-hydrogen) atoms. The highest BCUT2D eigenvalue weighted by molar-refractivity contribution is 5.22. The molecule has 1 aliphatic rings. The predicted octanol–water partition coefficient (Wildman–Crippen LogP) is 2.09. The average Bonchev–Trinajstić information content (AvgIpc) is 2.42. The van der Waals surface area contributed by atoms with Crippen molar-refractivity contribution in [3.8, 4) is 0 Å². The first-order valence-electron chi connectivity index (χ1n) is 7.18. The van der Waals surface area contributed by atoms with Gasteiger partial charge in [0, 0.05) is 39.3 Å². The number of rotatable bonds is 5. The molecule has 1 heterocycles. The van der Waals surface area contributed by atoms with Crippen LogP contribution in [-0.4, -0.2) is 55.7 Å². The second-order valence-corrected chi connectivity index (χ2v) is 5.61. The number of benzene rings is 1. The zero-order chi connectivity index (χ0) is 15.3. The molecular weight excluding hydrogens is 279 g/mol. The summed E-state index contributed by atoms with van der Waals surface area (Å²) in [5, 5.41) is 2.41. The van der Waals surface area contributed by atoms with Crippen molar-refractivity contribution in [1.29, 1.82) is 0 Å². The van der Waals surface area contributed by atoms with Gasteiger partial charge in [0.05, 0.1) is 6.54 Å². The molecule has 0 amide bonds. The first kappa shape index (κ1) is 16.3. The molecule has 1 fully saturated rings. The summed E-state index contributed by atoms with van der Waals surface area (Å²) in [7, 11) is 2.13. The summed E-state index contributed by atoms with van der Waals surface area (Å²) in [4.78, 5) is 4.71. The number of nitrogens with zero attached hydrogens (tertiary/aromatic N) is 2. The Bertz CT molecular complexity index is 423. The number of hydrogen-bond donors (Lipinski definition) is 1. The Hall–Kier alpha value is -1.11. The van der Waals surface area contributed by atoms with E-state index in [4.69, 9.17) is 0 Å². The molecule has 1 saturated heterocycles. The van der Waals surface area contributed by atoms with Gasteiger partial charge in [0.1, 0.15) is 0 Å². The van der Waals surface area contributed by atoms with Gasteiger partial charge in [-0.05, 0) is 18.2 Å². The molecule has 0 unspecified atom stereocenters. The SMILES string of the molecule is CN1CCN(Cc2ccc(CNCC(F)(F)F)cc2)CC1. The maximum atomic E-state index is 12.0. The van der Waals surface area contributed by atoms with E-state index in [0.717, 1.165) is 38.3 Å². The first-order chi connectivity index (χ1) is 9.92. The number of piperazine rings is 1. The van der Waals surface area contributed by atoms with E-state index in [0.29, 0.717) is 0 Å². The van der Waals surface area contributed by atoms with Crippen molar-refractivity contribution in [2.45, 2.75) is 19.3 Å². The summed E-state index contributed by atoms with van der Waals surface area (Å²) in [5.41, 5.74) is 2.08. The fraction of sp³-hybridized carbons (Fsp3) is 0.600. The van der Waals surface area contributed by atoms with E-state index in [1.807, 2.05) is 24.3 Å². The Kier molecular flexibility index (Phi) is 5.61. The minimum atomic E-state index is -4.15. The van der Waals surface area contributed by atoms with Crippen LogP contribution < -0.4 is 5.32 Å². The van der Waals surface area contributed by atoms with Crippen molar-refractivity contribution in [2.75, 3.05) is 39.8 Å². The van der Waals surface area contributed by atoms with Gasteiger partial charge >= 0.3 is 6.18 Å². The molecule has 0 aromatic heterocycles. The second-order valence-electron chi connectivity index (χ2n) is 5.61. The summed E-state index contributed by atoms with van der Waals surface area (Å²) in [6.07, 6.45) is -4.15. The minimum Gasteiger partial charge on any atom is -0.305 e. The smallest absolute Gasteiger partial charge is 0.305 e. The van der Waals surface area contributed by atoms with Crippen LogP contribution in [0.5, 0.6) is 0 Å². The van der Waals surface area contributed by atoms with Crippen molar-refractivity contribution in [1.82, 2.24) is 15.1 Å². The van der Waals surface area contributed by atoms with Crippen LogP contribution in [-0.2, 0) is 13.1 Å². The highest BCUT2D eigenvalue weighted by Crippen LogP contribution is 2.13. The van der Waals surface area contributed by atoms with E-state index in [-0.39, 0.29) is 6.54 Å². The molecule has 118 valence electrons. The van der Waals surface area contributed by atoms with E-state index in [1.165, 1.54) is 5.56 Å². The Morgan fingerprint density at radius 1 is 1.00 bits per heavy atom. The Morgan fingerprint density at radius 3 is 2.14 bits per heavy atom. The van der Waals surface area contributed by atoms with Crippen molar-refractivity contribution in [3.05, 3.63) is 35.4 Å². The molecule has 1 aromatic rings. The summed E-state index contributed by atoms with van der Waals surface area (Å²) >= 11 is 0. The Labute approximate surface area is 123 Å². The fourth-order valence-electron chi connectivity index (χ4n) is 2.38. The molecule has 2 rings (SSSR count). The molecule has 0 bridgehead atoms. The highest BCUT2D eigenvalue weighted by Gasteiger charge is 2.26. The minimum absolute atomic E-state index is 0.244. The van der Waals surface area contributed by atoms with Crippen molar-refractivity contribution < 1.29 is 13.2 Å². The van der Waals surface area contributed by atoms with E-state index >= 15 is 0 Å². The molecule has 3 nitrogen and oxygen atoms in total. The largest absolute Gasteiger partial charge is 0.401 e. The summed E-state index contributed by atoms with van der Waals surface area (Å²) in [6.45, 7) is 4.49. The van der Waals surface area contributed by atoms with Crippen molar-refractivity contribution in [3.63, 3.8) is 0 Å². The molecule has 0 radical (unpaired) electrons. The van der Waals surface area contributed by atoms with Gasteiger partial charge in [-0.25, -0.2) is 0 Å². The topological polar surface area (TPSA) is 18.5 Å². The summed E-state index contributed by atoms with van der Waals surface area (Å²) in [5.74, 6) is 0. The van der Waals surface area contributed by atoms with Crippen LogP contribution in [0, 0.1) is 0 Å². The van der Waals surface area contributed by atoms with Gasteiger partial charge in [0.2, 0.25) is 0 Å². The number of likely N-dealkylation sites (N-methyl/N-ethyl adjacent to an activating group) is 1. The monoisotopic (exact) mass is 301 g/mol. The third-order valence-corrected chi connectivity index (χ3v) is 3.68. The van der Waals surface area contributed by atoms with Gasteiger partial charge in [-0.15, -0.1) is 0 Å². The molecule has 1 aliphatic heterocycles. The third-order valence-electron chi connectivity index (χ3n) is 3.68. The lowest BCUT2D eigenvalue weighted by atomic mass is 10.1. The van der Waals surface area contributed by atoms with E-state index in [1.54, 1.807) is 0 Å². The summed E-state index contributed by atoms with van der Waals surface area (Å²) in [6, 6.07) is 7.80. The lowest BCUT2D eigenvalue weighted by molar-refractivity contribution is -0.125. The van der Waals surface area contributed by atoms with Gasteiger partial charge in [0.15, 0.2) is 0 Å². The zero-order valence-electron chi connectivity index (χ0n) is 12.3. The molecule has 0 saturated carbocycles. The molecular formula is C15H22F3N3. The number of alkyl halides is 3. The predicted molar refractivity (Wildman–Crippen MR) is 77.0 cm³/mol. The van der Waals surface area contributed by atoms with E-state index in [9.17, 15) is 13.2 Å².